The molecular weight excluding hydrogens is 254 g/mol. The molecule has 0 saturated heterocycles. The Kier molecular flexibility index (Phi) is 5.21. The maximum absolute atomic E-state index is 4.30. The Morgan fingerprint density at radius 2 is 1.67 bits per heavy atom. The lowest BCUT2D eigenvalue weighted by Crippen LogP contribution is -2.04. The highest BCUT2D eigenvalue weighted by Crippen LogP contribution is 2.29. The number of nitrogens with one attached hydrogen (secondary N) is 1. The van der Waals surface area contributed by atoms with Crippen molar-refractivity contribution in [3.63, 3.8) is 0 Å². The standard InChI is InChI=1S/C20H25N/c1-5-6-13-21-20-14-16(3)9-12-19(20)17(4)18-10-7-15(2)8-11-18/h7-12,14,21H,4-6,13H2,1-3H3. The molecule has 0 amide bonds. The summed E-state index contributed by atoms with van der Waals surface area (Å²) in [6.07, 6.45) is 2.39. The van der Waals surface area contributed by atoms with Crippen LogP contribution < -0.4 is 5.32 Å². The summed E-state index contributed by atoms with van der Waals surface area (Å²) < 4.78 is 0. The Morgan fingerprint density at radius 3 is 2.33 bits per heavy atom. The van der Waals surface area contributed by atoms with Gasteiger partial charge < -0.3 is 5.32 Å². The number of rotatable bonds is 6. The first-order valence-corrected chi connectivity index (χ1v) is 7.72. The topological polar surface area (TPSA) is 12.0 Å². The first-order valence-electron chi connectivity index (χ1n) is 7.72. The van der Waals surface area contributed by atoms with E-state index in [4.69, 9.17) is 0 Å². The highest BCUT2D eigenvalue weighted by Gasteiger charge is 2.08. The van der Waals surface area contributed by atoms with Crippen molar-refractivity contribution in [2.45, 2.75) is 33.6 Å². The van der Waals surface area contributed by atoms with Gasteiger partial charge in [0.25, 0.3) is 0 Å². The third-order valence-electron chi connectivity index (χ3n) is 3.75. The first kappa shape index (κ1) is 15.4. The van der Waals surface area contributed by atoms with Gasteiger partial charge in [-0.3, -0.25) is 0 Å². The van der Waals surface area contributed by atoms with E-state index in [1.165, 1.54) is 40.8 Å². The van der Waals surface area contributed by atoms with Gasteiger partial charge in [0.2, 0.25) is 0 Å². The van der Waals surface area contributed by atoms with E-state index >= 15 is 0 Å². The Hall–Kier alpha value is -2.02. The highest BCUT2D eigenvalue weighted by atomic mass is 14.9. The zero-order valence-corrected chi connectivity index (χ0v) is 13.4. The molecule has 1 nitrogen and oxygen atoms in total. The predicted octanol–water partition coefficient (Wildman–Crippen LogP) is 5.58. The molecule has 2 aromatic rings. The van der Waals surface area contributed by atoms with Crippen LogP contribution >= 0.6 is 0 Å². The zero-order valence-electron chi connectivity index (χ0n) is 13.4. The Labute approximate surface area is 128 Å². The monoisotopic (exact) mass is 279 g/mol. The SMILES string of the molecule is C=C(c1ccc(C)cc1)c1ccc(C)cc1NCCCC. The van der Waals surface area contributed by atoms with Gasteiger partial charge in [0.1, 0.15) is 0 Å². The van der Waals surface area contributed by atoms with Crippen LogP contribution in [0.2, 0.25) is 0 Å². The minimum Gasteiger partial charge on any atom is -0.385 e. The quantitative estimate of drug-likeness (QED) is 0.681. The lowest BCUT2D eigenvalue weighted by Gasteiger charge is -2.15. The van der Waals surface area contributed by atoms with Crippen molar-refractivity contribution in [3.8, 4) is 0 Å². The third-order valence-corrected chi connectivity index (χ3v) is 3.75. The van der Waals surface area contributed by atoms with Crippen LogP contribution in [-0.4, -0.2) is 6.54 Å². The number of aryl methyl sites for hydroxylation is 2. The summed E-state index contributed by atoms with van der Waals surface area (Å²) in [6.45, 7) is 11.8. The molecule has 0 bridgehead atoms. The van der Waals surface area contributed by atoms with E-state index in [9.17, 15) is 0 Å². The summed E-state index contributed by atoms with van der Waals surface area (Å²) in [5.74, 6) is 0. The number of unbranched alkanes of at least 4 members (excludes halogenated alkanes) is 1. The van der Waals surface area contributed by atoms with Crippen LogP contribution in [0, 0.1) is 13.8 Å². The highest BCUT2D eigenvalue weighted by molar-refractivity contribution is 5.85. The minimum absolute atomic E-state index is 1.01. The van der Waals surface area contributed by atoms with Crippen molar-refractivity contribution < 1.29 is 0 Å². The largest absolute Gasteiger partial charge is 0.385 e. The fourth-order valence-corrected chi connectivity index (χ4v) is 2.38. The molecule has 0 fully saturated rings. The Morgan fingerprint density at radius 1 is 1.00 bits per heavy atom. The molecule has 110 valence electrons. The van der Waals surface area contributed by atoms with E-state index in [1.807, 2.05) is 0 Å². The van der Waals surface area contributed by atoms with Crippen LogP contribution in [0.15, 0.2) is 49.0 Å². The molecular formula is C20H25N. The first-order chi connectivity index (χ1) is 10.1. The molecule has 0 spiro atoms. The molecule has 0 aliphatic rings. The van der Waals surface area contributed by atoms with E-state index < -0.39 is 0 Å². The smallest absolute Gasteiger partial charge is 0.0422 e. The maximum Gasteiger partial charge on any atom is 0.0422 e. The molecule has 0 heterocycles. The minimum atomic E-state index is 1.01. The van der Waals surface area contributed by atoms with Crippen LogP contribution in [0.25, 0.3) is 5.57 Å². The van der Waals surface area contributed by atoms with Crippen molar-refractivity contribution in [1.29, 1.82) is 0 Å². The van der Waals surface area contributed by atoms with Crippen LogP contribution in [-0.2, 0) is 0 Å². The van der Waals surface area contributed by atoms with Crippen molar-refractivity contribution in [3.05, 3.63) is 71.3 Å². The molecule has 0 aliphatic carbocycles. The van der Waals surface area contributed by atoms with Gasteiger partial charge in [-0.15, -0.1) is 0 Å². The fraction of sp³-hybridized carbons (Fsp3) is 0.300. The predicted molar refractivity (Wildman–Crippen MR) is 93.9 cm³/mol. The van der Waals surface area contributed by atoms with Gasteiger partial charge in [-0.2, -0.15) is 0 Å². The summed E-state index contributed by atoms with van der Waals surface area (Å²) in [4.78, 5) is 0. The molecule has 21 heavy (non-hydrogen) atoms. The summed E-state index contributed by atoms with van der Waals surface area (Å²) in [6, 6.07) is 15.1. The van der Waals surface area contributed by atoms with Gasteiger partial charge in [-0.05, 0) is 43.0 Å². The second-order valence-electron chi connectivity index (χ2n) is 5.67. The van der Waals surface area contributed by atoms with Crippen LogP contribution in [0.4, 0.5) is 5.69 Å². The molecule has 0 unspecified atom stereocenters. The Bertz CT molecular complexity index is 608. The normalized spacial score (nSPS) is 10.4. The van der Waals surface area contributed by atoms with Gasteiger partial charge >= 0.3 is 0 Å². The molecule has 2 rings (SSSR count). The fourth-order valence-electron chi connectivity index (χ4n) is 2.38. The van der Waals surface area contributed by atoms with Crippen molar-refractivity contribution in [1.82, 2.24) is 0 Å². The second-order valence-corrected chi connectivity index (χ2v) is 5.67. The molecule has 0 radical (unpaired) electrons. The lowest BCUT2D eigenvalue weighted by molar-refractivity contribution is 0.834. The van der Waals surface area contributed by atoms with Crippen molar-refractivity contribution >= 4 is 11.3 Å². The molecule has 0 saturated carbocycles. The number of hydrogen-bond acceptors (Lipinski definition) is 1. The maximum atomic E-state index is 4.30. The zero-order chi connectivity index (χ0) is 15.2. The molecule has 2 aromatic carbocycles. The molecule has 0 aliphatic heterocycles. The van der Waals surface area contributed by atoms with Gasteiger partial charge in [0.15, 0.2) is 0 Å². The average Bonchev–Trinajstić information content (AvgIpc) is 2.48. The Balaban J connectivity index is 2.29. The summed E-state index contributed by atoms with van der Waals surface area (Å²) >= 11 is 0. The molecule has 0 aromatic heterocycles. The van der Waals surface area contributed by atoms with Crippen molar-refractivity contribution in [2.24, 2.45) is 0 Å². The number of hydrogen-bond donors (Lipinski definition) is 1. The van der Waals surface area contributed by atoms with E-state index in [2.05, 4.69) is 75.1 Å². The van der Waals surface area contributed by atoms with Gasteiger partial charge in [-0.1, -0.05) is 61.9 Å². The number of anilines is 1. The number of benzene rings is 2. The van der Waals surface area contributed by atoms with Gasteiger partial charge in [-0.25, -0.2) is 0 Å². The van der Waals surface area contributed by atoms with Crippen LogP contribution in [0.5, 0.6) is 0 Å². The average molecular weight is 279 g/mol. The van der Waals surface area contributed by atoms with Crippen LogP contribution in [0.3, 0.4) is 0 Å². The van der Waals surface area contributed by atoms with Gasteiger partial charge in [0, 0.05) is 17.8 Å². The van der Waals surface area contributed by atoms with Crippen LogP contribution in [0.1, 0.15) is 42.0 Å². The second kappa shape index (κ2) is 7.12. The lowest BCUT2D eigenvalue weighted by atomic mass is 9.96. The summed E-state index contributed by atoms with van der Waals surface area (Å²) in [5.41, 5.74) is 7.19. The van der Waals surface area contributed by atoms with Crippen molar-refractivity contribution in [2.75, 3.05) is 11.9 Å². The molecule has 1 N–H and O–H groups in total. The van der Waals surface area contributed by atoms with E-state index in [0.717, 1.165) is 12.1 Å². The van der Waals surface area contributed by atoms with Gasteiger partial charge in [0.05, 0.1) is 0 Å². The third kappa shape index (κ3) is 3.98. The summed E-state index contributed by atoms with van der Waals surface area (Å²) in [5, 5.41) is 3.56. The van der Waals surface area contributed by atoms with E-state index in [-0.39, 0.29) is 0 Å². The van der Waals surface area contributed by atoms with E-state index in [1.54, 1.807) is 0 Å². The molecule has 0 atom stereocenters. The molecule has 1 heteroatoms. The summed E-state index contributed by atoms with van der Waals surface area (Å²) in [7, 11) is 0. The van der Waals surface area contributed by atoms with E-state index in [0.29, 0.717) is 0 Å².